The molecule has 0 atom stereocenters. The summed E-state index contributed by atoms with van der Waals surface area (Å²) in [6, 6.07) is 6.93. The number of likely N-dealkylation sites (tertiary alicyclic amines) is 1. The van der Waals surface area contributed by atoms with Gasteiger partial charge in [-0.15, -0.1) is 0 Å². The van der Waals surface area contributed by atoms with Crippen molar-refractivity contribution in [2.45, 2.75) is 51.0 Å². The summed E-state index contributed by atoms with van der Waals surface area (Å²) in [7, 11) is 2.06. The van der Waals surface area contributed by atoms with Gasteiger partial charge >= 0.3 is 6.09 Å². The third-order valence-electron chi connectivity index (χ3n) is 8.29. The lowest BCUT2D eigenvalue weighted by Gasteiger charge is -2.43. The lowest BCUT2D eigenvalue weighted by atomic mass is 10.1. The van der Waals surface area contributed by atoms with Crippen molar-refractivity contribution >= 4 is 155 Å². The molecule has 1 aromatic carbocycles. The molecule has 2 fully saturated rings. The number of pyridine rings is 1. The first-order valence-electron chi connectivity index (χ1n) is 14.7. The van der Waals surface area contributed by atoms with Crippen LogP contribution in [0.1, 0.15) is 24.1 Å². The Hall–Kier alpha value is 0.250. The van der Waals surface area contributed by atoms with Crippen molar-refractivity contribution in [3.05, 3.63) is 64.2 Å². The van der Waals surface area contributed by atoms with Crippen molar-refractivity contribution in [3.63, 3.8) is 0 Å². The number of nitrogens with zero attached hydrogens (tertiary/aromatic N) is 4. The molecule has 270 valence electrons. The van der Waals surface area contributed by atoms with Crippen molar-refractivity contribution in [1.82, 2.24) is 24.8 Å². The van der Waals surface area contributed by atoms with Crippen molar-refractivity contribution in [2.24, 2.45) is 0 Å². The Labute approximate surface area is 355 Å². The highest BCUT2D eigenvalue weighted by Gasteiger charge is 2.81. The van der Waals surface area contributed by atoms with Crippen LogP contribution in [0.3, 0.4) is 0 Å². The summed E-state index contributed by atoms with van der Waals surface area (Å²) in [5.74, 6) is 6.04. The number of halogens is 2. The Morgan fingerprint density at radius 2 is 1.66 bits per heavy atom. The topological polar surface area (TPSA) is 81.5 Å². The fourth-order valence-electron chi connectivity index (χ4n) is 5.26. The number of hydrogen-bond donors (Lipinski definition) is 10. The molecule has 0 radical (unpaired) electrons. The van der Waals surface area contributed by atoms with Crippen LogP contribution in [0, 0.1) is 11.8 Å². The Morgan fingerprint density at radius 3 is 2.28 bits per heavy atom. The molecular formula is C30H33Cl2N5O3S10. The number of rotatable bonds is 8. The number of hydrogen-bond acceptors (Lipinski definition) is 16. The number of thioether (sulfide) groups is 1. The van der Waals surface area contributed by atoms with Crippen LogP contribution in [0.25, 0.3) is 5.69 Å². The molecule has 2 aliphatic rings. The number of imidazole rings is 1. The molecule has 2 aromatic heterocycles. The minimum Gasteiger partial charge on any atom is -0.486 e. The van der Waals surface area contributed by atoms with Crippen LogP contribution < -0.4 is 10.1 Å². The number of nitrogens with one attached hydrogen (secondary N) is 1. The van der Waals surface area contributed by atoms with Gasteiger partial charge in [0.15, 0.2) is 11.8 Å². The zero-order valence-electron chi connectivity index (χ0n) is 26.1. The molecule has 0 unspecified atom stereocenters. The quantitative estimate of drug-likeness (QED) is 0.0663. The molecule has 1 aliphatic heterocycles. The molecule has 3 aromatic rings. The number of carbonyl (C=O) groups excluding carboxylic acids is 1. The number of carbonyl (C=O) groups is 1. The van der Waals surface area contributed by atoms with Crippen LogP contribution >= 0.6 is 149 Å². The smallest absolute Gasteiger partial charge is 0.408 e. The standard InChI is InChI=1S/C30H33Cl2N5O3S10/c1-36-9-6-18(7-10-36)35-25(38)39-11-3-4-17-12-22(32)23(13-21(17)31)40-16-20-15-34-24(37(20)19-5-2-8-33-14-19)50-30(49)28(45,46)26(41,42)27(43,44)29(30,47)48/h2,5,8,12-15,18,41-49H,6-7,9-11,16H2,1H3,(H,35,38). The SMILES string of the molecule is CN1CCC(NC(=O)OCC#Cc2cc(Cl)c(OCc3cnc(SC4(S)C(S)(S)C(S)(S)C(S)(S)C4(S)S)n3-c3cccnc3)cc2Cl)CC1. The first kappa shape index (κ1) is 41.4. The lowest BCUT2D eigenvalue weighted by Crippen LogP contribution is -2.49. The van der Waals surface area contributed by atoms with Gasteiger partial charge in [0.05, 0.1) is 33.8 Å². The van der Waals surface area contributed by atoms with Crippen LogP contribution in [0.4, 0.5) is 4.79 Å². The van der Waals surface area contributed by atoms with Gasteiger partial charge in [-0.2, -0.15) is 114 Å². The lowest BCUT2D eigenvalue weighted by molar-refractivity contribution is 0.147. The maximum Gasteiger partial charge on any atom is 0.408 e. The number of aromatic nitrogens is 3. The number of benzene rings is 1. The Kier molecular flexibility index (Phi) is 13.4. The van der Waals surface area contributed by atoms with Crippen molar-refractivity contribution in [1.29, 1.82) is 0 Å². The number of thiol groups is 9. The van der Waals surface area contributed by atoms with E-state index in [2.05, 4.69) is 34.1 Å². The van der Waals surface area contributed by atoms with Crippen molar-refractivity contribution < 1.29 is 14.3 Å². The van der Waals surface area contributed by atoms with Gasteiger partial charge in [0.1, 0.15) is 32.8 Å². The van der Waals surface area contributed by atoms with Gasteiger partial charge in [0, 0.05) is 23.9 Å². The maximum absolute atomic E-state index is 12.2. The second-order valence-corrected chi connectivity index (χ2v) is 21.4. The molecular weight excluding hydrogens is 870 g/mol. The molecule has 0 bridgehead atoms. The Bertz CT molecular complexity index is 1770. The van der Waals surface area contributed by atoms with Crippen molar-refractivity contribution in [2.75, 3.05) is 26.7 Å². The molecule has 8 nitrogen and oxygen atoms in total. The third kappa shape index (κ3) is 7.84. The van der Waals surface area contributed by atoms with E-state index >= 15 is 0 Å². The van der Waals surface area contributed by atoms with E-state index in [4.69, 9.17) is 151 Å². The molecule has 5 rings (SSSR count). The monoisotopic (exact) mass is 901 g/mol. The molecule has 1 aliphatic carbocycles. The fraction of sp³-hybridized carbons (Fsp3) is 0.433. The van der Waals surface area contributed by atoms with Gasteiger partial charge in [-0.25, -0.2) is 9.78 Å². The molecule has 3 heterocycles. The highest BCUT2D eigenvalue weighted by Crippen LogP contribution is 2.78. The zero-order valence-corrected chi connectivity index (χ0v) is 36.4. The molecule has 50 heavy (non-hydrogen) atoms. The van der Waals surface area contributed by atoms with Gasteiger partial charge in [0.2, 0.25) is 0 Å². The summed E-state index contributed by atoms with van der Waals surface area (Å²) < 4.78 is 6.48. The van der Waals surface area contributed by atoms with E-state index in [0.29, 0.717) is 32.9 Å². The van der Waals surface area contributed by atoms with E-state index in [0.717, 1.165) is 25.9 Å². The molecule has 1 saturated heterocycles. The first-order chi connectivity index (χ1) is 23.3. The second kappa shape index (κ2) is 16.2. The zero-order chi connectivity index (χ0) is 36.7. The average molecular weight is 903 g/mol. The van der Waals surface area contributed by atoms with E-state index in [9.17, 15) is 4.79 Å². The summed E-state index contributed by atoms with van der Waals surface area (Å²) >= 11 is 57.8. The fourth-order valence-corrected chi connectivity index (χ4v) is 12.5. The van der Waals surface area contributed by atoms with Gasteiger partial charge in [-0.05, 0) is 51.2 Å². The minimum atomic E-state index is -1.37. The van der Waals surface area contributed by atoms with Crippen LogP contribution in [-0.2, 0) is 11.3 Å². The van der Waals surface area contributed by atoms with E-state index in [-0.39, 0.29) is 24.3 Å². The third-order valence-corrected chi connectivity index (χ3v) is 20.0. The number of ether oxygens (including phenoxy) is 2. The summed E-state index contributed by atoms with van der Waals surface area (Å²) in [5.41, 5.74) is 1.79. The number of amides is 1. The predicted octanol–water partition coefficient (Wildman–Crippen LogP) is 7.28. The Balaban J connectivity index is 1.32. The van der Waals surface area contributed by atoms with Crippen LogP contribution in [0.5, 0.6) is 5.75 Å². The average Bonchev–Trinajstić information content (AvgIpc) is 3.47. The largest absolute Gasteiger partial charge is 0.486 e. The molecule has 1 N–H and O–H groups in total. The number of alkyl carbamates (subject to hydrolysis) is 1. The van der Waals surface area contributed by atoms with Crippen LogP contribution in [0.15, 0.2) is 48.0 Å². The maximum atomic E-state index is 12.2. The van der Waals surface area contributed by atoms with Crippen LogP contribution in [-0.4, -0.2) is 78.7 Å². The highest BCUT2D eigenvalue weighted by atomic mass is 35.5. The minimum absolute atomic E-state index is 0.0370. The van der Waals surface area contributed by atoms with E-state index in [1.165, 1.54) is 11.8 Å². The first-order valence-corrected chi connectivity index (χ1v) is 20.3. The van der Waals surface area contributed by atoms with Crippen molar-refractivity contribution in [3.8, 4) is 23.3 Å². The highest BCUT2D eigenvalue weighted by molar-refractivity contribution is 8.21. The van der Waals surface area contributed by atoms with Crippen LogP contribution in [0.2, 0.25) is 10.0 Å². The molecule has 1 saturated carbocycles. The molecule has 0 spiro atoms. The van der Waals surface area contributed by atoms with Gasteiger partial charge < -0.3 is 19.7 Å². The molecule has 20 heteroatoms. The van der Waals surface area contributed by atoms with Gasteiger partial charge in [0.25, 0.3) is 0 Å². The summed E-state index contributed by atoms with van der Waals surface area (Å²) in [6.07, 6.45) is 6.25. The van der Waals surface area contributed by atoms with Gasteiger partial charge in [-0.3, -0.25) is 9.55 Å². The molecule has 1 amide bonds. The van der Waals surface area contributed by atoms with E-state index in [1.54, 1.807) is 36.8 Å². The Morgan fingerprint density at radius 1 is 1.00 bits per heavy atom. The summed E-state index contributed by atoms with van der Waals surface area (Å²) in [5, 5.41) is 3.95. The predicted molar refractivity (Wildman–Crippen MR) is 234 cm³/mol. The summed E-state index contributed by atoms with van der Waals surface area (Å²) in [4.78, 5) is 23.4. The van der Waals surface area contributed by atoms with E-state index < -0.39 is 26.5 Å². The normalized spacial score (nSPS) is 20.5. The van der Waals surface area contributed by atoms with E-state index in [1.807, 2.05) is 10.6 Å². The summed E-state index contributed by atoms with van der Waals surface area (Å²) in [6.45, 7) is 1.79. The second-order valence-electron chi connectivity index (χ2n) is 11.7. The van der Waals surface area contributed by atoms with Gasteiger partial charge in [-0.1, -0.05) is 46.8 Å². The number of piperidine rings is 1.